The highest BCUT2D eigenvalue weighted by Gasteiger charge is 2.41. The number of carbonyl (C=O) groups is 1. The van der Waals surface area contributed by atoms with Crippen LogP contribution < -0.4 is 5.32 Å². The molecule has 1 aliphatic rings. The summed E-state index contributed by atoms with van der Waals surface area (Å²) >= 11 is 0. The van der Waals surface area contributed by atoms with Gasteiger partial charge in [-0.05, 0) is 38.3 Å². The van der Waals surface area contributed by atoms with E-state index < -0.39 is 0 Å². The first-order valence-corrected chi connectivity index (χ1v) is 7.76. The highest BCUT2D eigenvalue weighted by Crippen LogP contribution is 2.31. The average molecular weight is 274 g/mol. The van der Waals surface area contributed by atoms with Crippen molar-refractivity contribution in [2.75, 3.05) is 26.2 Å². The second-order valence-electron chi connectivity index (χ2n) is 5.68. The largest absolute Gasteiger partial charge is 0.342 e. The Bertz CT molecular complexity index is 424. The third kappa shape index (κ3) is 3.21. The predicted molar refractivity (Wildman–Crippen MR) is 82.6 cm³/mol. The standard InChI is InChI=1S/C17H26N2O/c1-3-17(11-12-18-14-17)16(20)19(4-2)13-10-15-8-6-5-7-9-15/h5-9,18H,3-4,10-14H2,1-2H3. The summed E-state index contributed by atoms with van der Waals surface area (Å²) in [5.41, 5.74) is 1.14. The van der Waals surface area contributed by atoms with Gasteiger partial charge in [0.25, 0.3) is 0 Å². The maximum Gasteiger partial charge on any atom is 0.230 e. The fourth-order valence-electron chi connectivity index (χ4n) is 3.03. The van der Waals surface area contributed by atoms with E-state index in [1.807, 2.05) is 11.0 Å². The zero-order chi connectivity index (χ0) is 14.4. The summed E-state index contributed by atoms with van der Waals surface area (Å²) in [5, 5.41) is 3.35. The van der Waals surface area contributed by atoms with E-state index in [0.29, 0.717) is 5.91 Å². The Hall–Kier alpha value is -1.35. The predicted octanol–water partition coefficient (Wildman–Crippen LogP) is 2.47. The van der Waals surface area contributed by atoms with E-state index in [0.717, 1.165) is 45.4 Å². The normalized spacial score (nSPS) is 21.9. The molecule has 0 radical (unpaired) electrons. The maximum absolute atomic E-state index is 12.8. The van der Waals surface area contributed by atoms with Crippen LogP contribution >= 0.6 is 0 Å². The van der Waals surface area contributed by atoms with Gasteiger partial charge in [-0.3, -0.25) is 4.79 Å². The number of carbonyl (C=O) groups excluding carboxylic acids is 1. The first-order valence-electron chi connectivity index (χ1n) is 7.76. The SMILES string of the molecule is CCN(CCc1ccccc1)C(=O)C1(CC)CCNC1. The summed E-state index contributed by atoms with van der Waals surface area (Å²) in [5.74, 6) is 0.337. The van der Waals surface area contributed by atoms with Crippen LogP contribution in [0, 0.1) is 5.41 Å². The van der Waals surface area contributed by atoms with Crippen LogP contribution in [0.4, 0.5) is 0 Å². The molecule has 1 unspecified atom stereocenters. The molecule has 110 valence electrons. The molecule has 3 nitrogen and oxygen atoms in total. The third-order valence-electron chi connectivity index (χ3n) is 4.56. The minimum absolute atomic E-state index is 0.160. The first kappa shape index (κ1) is 15.0. The topological polar surface area (TPSA) is 32.3 Å². The molecule has 1 fully saturated rings. The summed E-state index contributed by atoms with van der Waals surface area (Å²) in [4.78, 5) is 14.9. The number of hydrogen-bond donors (Lipinski definition) is 1. The van der Waals surface area contributed by atoms with E-state index in [2.05, 4.69) is 43.4 Å². The van der Waals surface area contributed by atoms with E-state index in [1.165, 1.54) is 5.56 Å². The molecule has 0 aromatic heterocycles. The van der Waals surface area contributed by atoms with Gasteiger partial charge in [-0.2, -0.15) is 0 Å². The number of benzene rings is 1. The molecule has 1 saturated heterocycles. The summed E-state index contributed by atoms with van der Waals surface area (Å²) in [6.07, 6.45) is 2.85. The number of likely N-dealkylation sites (N-methyl/N-ethyl adjacent to an activating group) is 1. The van der Waals surface area contributed by atoms with E-state index in [1.54, 1.807) is 0 Å². The average Bonchev–Trinajstić information content (AvgIpc) is 2.99. The lowest BCUT2D eigenvalue weighted by Gasteiger charge is -2.32. The lowest BCUT2D eigenvalue weighted by Crippen LogP contribution is -2.45. The van der Waals surface area contributed by atoms with Crippen molar-refractivity contribution in [3.05, 3.63) is 35.9 Å². The molecule has 1 aromatic rings. The third-order valence-corrected chi connectivity index (χ3v) is 4.56. The Labute approximate surface area is 122 Å². The Morgan fingerprint density at radius 1 is 1.30 bits per heavy atom. The van der Waals surface area contributed by atoms with Gasteiger partial charge in [-0.25, -0.2) is 0 Å². The highest BCUT2D eigenvalue weighted by molar-refractivity contribution is 5.83. The Morgan fingerprint density at radius 2 is 2.05 bits per heavy atom. The zero-order valence-electron chi connectivity index (χ0n) is 12.7. The van der Waals surface area contributed by atoms with Crippen molar-refractivity contribution >= 4 is 5.91 Å². The Kier molecular flexibility index (Phi) is 5.18. The molecule has 3 heteroatoms. The molecular formula is C17H26N2O. The van der Waals surface area contributed by atoms with Crippen molar-refractivity contribution in [1.29, 1.82) is 0 Å². The summed E-state index contributed by atoms with van der Waals surface area (Å²) in [6.45, 7) is 7.64. The lowest BCUT2D eigenvalue weighted by molar-refractivity contribution is -0.141. The van der Waals surface area contributed by atoms with Gasteiger partial charge in [-0.15, -0.1) is 0 Å². The quantitative estimate of drug-likeness (QED) is 0.864. The Morgan fingerprint density at radius 3 is 2.60 bits per heavy atom. The lowest BCUT2D eigenvalue weighted by atomic mass is 9.82. The maximum atomic E-state index is 12.8. The molecule has 1 N–H and O–H groups in total. The second kappa shape index (κ2) is 6.89. The zero-order valence-corrected chi connectivity index (χ0v) is 12.7. The molecule has 1 atom stereocenters. The van der Waals surface area contributed by atoms with Gasteiger partial charge in [0, 0.05) is 19.6 Å². The molecule has 1 heterocycles. The van der Waals surface area contributed by atoms with Crippen LogP contribution in [0.25, 0.3) is 0 Å². The van der Waals surface area contributed by atoms with Crippen molar-refractivity contribution in [3.63, 3.8) is 0 Å². The van der Waals surface area contributed by atoms with Gasteiger partial charge in [-0.1, -0.05) is 37.3 Å². The molecular weight excluding hydrogens is 248 g/mol. The molecule has 2 rings (SSSR count). The van der Waals surface area contributed by atoms with Gasteiger partial charge < -0.3 is 10.2 Å². The summed E-state index contributed by atoms with van der Waals surface area (Å²) < 4.78 is 0. The number of amides is 1. The van der Waals surface area contributed by atoms with E-state index >= 15 is 0 Å². The Balaban J connectivity index is 1.99. The van der Waals surface area contributed by atoms with Crippen molar-refractivity contribution < 1.29 is 4.79 Å². The first-order chi connectivity index (χ1) is 9.72. The number of nitrogens with zero attached hydrogens (tertiary/aromatic N) is 1. The highest BCUT2D eigenvalue weighted by atomic mass is 16.2. The van der Waals surface area contributed by atoms with Gasteiger partial charge in [0.2, 0.25) is 5.91 Å². The molecule has 0 spiro atoms. The number of rotatable bonds is 6. The van der Waals surface area contributed by atoms with E-state index in [9.17, 15) is 4.79 Å². The molecule has 1 aromatic carbocycles. The van der Waals surface area contributed by atoms with Crippen LogP contribution in [0.1, 0.15) is 32.3 Å². The molecule has 1 amide bonds. The van der Waals surface area contributed by atoms with Gasteiger partial charge >= 0.3 is 0 Å². The minimum atomic E-state index is -0.160. The van der Waals surface area contributed by atoms with Crippen molar-refractivity contribution in [2.24, 2.45) is 5.41 Å². The van der Waals surface area contributed by atoms with Crippen molar-refractivity contribution in [3.8, 4) is 0 Å². The van der Waals surface area contributed by atoms with E-state index in [4.69, 9.17) is 0 Å². The summed E-state index contributed by atoms with van der Waals surface area (Å²) in [6, 6.07) is 10.4. The monoisotopic (exact) mass is 274 g/mol. The van der Waals surface area contributed by atoms with Crippen LogP contribution in [-0.2, 0) is 11.2 Å². The molecule has 0 saturated carbocycles. The molecule has 20 heavy (non-hydrogen) atoms. The smallest absolute Gasteiger partial charge is 0.230 e. The van der Waals surface area contributed by atoms with Crippen molar-refractivity contribution in [2.45, 2.75) is 33.1 Å². The number of nitrogens with one attached hydrogen (secondary N) is 1. The van der Waals surface area contributed by atoms with Crippen LogP contribution in [0.5, 0.6) is 0 Å². The molecule has 1 aliphatic heterocycles. The van der Waals surface area contributed by atoms with Gasteiger partial charge in [0.05, 0.1) is 5.41 Å². The van der Waals surface area contributed by atoms with Crippen molar-refractivity contribution in [1.82, 2.24) is 10.2 Å². The van der Waals surface area contributed by atoms with E-state index in [-0.39, 0.29) is 5.41 Å². The van der Waals surface area contributed by atoms with Crippen LogP contribution in [0.15, 0.2) is 30.3 Å². The van der Waals surface area contributed by atoms with Crippen LogP contribution in [0.2, 0.25) is 0 Å². The number of hydrogen-bond acceptors (Lipinski definition) is 2. The summed E-state index contributed by atoms with van der Waals surface area (Å²) in [7, 11) is 0. The van der Waals surface area contributed by atoms with Gasteiger partial charge in [0.1, 0.15) is 0 Å². The molecule has 0 bridgehead atoms. The van der Waals surface area contributed by atoms with Gasteiger partial charge in [0.15, 0.2) is 0 Å². The van der Waals surface area contributed by atoms with Crippen LogP contribution in [0.3, 0.4) is 0 Å². The fourth-order valence-corrected chi connectivity index (χ4v) is 3.03. The minimum Gasteiger partial charge on any atom is -0.342 e. The molecule has 0 aliphatic carbocycles. The second-order valence-corrected chi connectivity index (χ2v) is 5.68. The van der Waals surface area contributed by atoms with Crippen LogP contribution in [-0.4, -0.2) is 37.0 Å². The fraction of sp³-hybridized carbons (Fsp3) is 0.588.